The number of carbonyl (C=O) groups excluding carboxylic acids is 1. The van der Waals surface area contributed by atoms with Crippen molar-refractivity contribution in [3.05, 3.63) is 53.6 Å². The maximum atomic E-state index is 11.8. The van der Waals surface area contributed by atoms with Gasteiger partial charge in [-0.1, -0.05) is 32.0 Å². The van der Waals surface area contributed by atoms with Crippen molar-refractivity contribution in [2.24, 2.45) is 0 Å². The Labute approximate surface area is 124 Å². The average Bonchev–Trinajstić information content (AvgIpc) is 2.48. The van der Waals surface area contributed by atoms with Crippen LogP contribution in [0.3, 0.4) is 0 Å². The van der Waals surface area contributed by atoms with Crippen LogP contribution in [-0.2, 0) is 4.74 Å². The van der Waals surface area contributed by atoms with Crippen molar-refractivity contribution in [1.29, 1.82) is 0 Å². The van der Waals surface area contributed by atoms with Crippen molar-refractivity contribution < 1.29 is 14.3 Å². The Morgan fingerprint density at radius 1 is 1.14 bits per heavy atom. The summed E-state index contributed by atoms with van der Waals surface area (Å²) in [7, 11) is 1.33. The summed E-state index contributed by atoms with van der Waals surface area (Å²) in [5.74, 6) is 0.883. The smallest absolute Gasteiger partial charge is 0.341 e. The zero-order chi connectivity index (χ0) is 15.4. The minimum atomic E-state index is -0.475. The molecule has 0 spiro atoms. The van der Waals surface area contributed by atoms with Gasteiger partial charge in [0.2, 0.25) is 0 Å². The van der Waals surface area contributed by atoms with E-state index >= 15 is 0 Å². The number of anilines is 1. The van der Waals surface area contributed by atoms with E-state index in [2.05, 4.69) is 13.8 Å². The molecule has 0 unspecified atom stereocenters. The van der Waals surface area contributed by atoms with Crippen LogP contribution in [0.15, 0.2) is 42.5 Å². The lowest BCUT2D eigenvalue weighted by molar-refractivity contribution is 0.0598. The van der Waals surface area contributed by atoms with E-state index in [1.54, 1.807) is 18.2 Å². The first-order valence-corrected chi connectivity index (χ1v) is 6.77. The van der Waals surface area contributed by atoms with E-state index in [9.17, 15) is 4.79 Å². The number of esters is 1. The highest BCUT2D eigenvalue weighted by molar-refractivity contribution is 5.94. The van der Waals surface area contributed by atoms with Crippen LogP contribution in [0.1, 0.15) is 35.7 Å². The van der Waals surface area contributed by atoms with Crippen LogP contribution >= 0.6 is 0 Å². The van der Waals surface area contributed by atoms with Gasteiger partial charge in [0.05, 0.1) is 12.8 Å². The maximum absolute atomic E-state index is 11.8. The van der Waals surface area contributed by atoms with Gasteiger partial charge in [0.15, 0.2) is 5.75 Å². The van der Waals surface area contributed by atoms with Gasteiger partial charge in [-0.05, 0) is 35.7 Å². The van der Waals surface area contributed by atoms with Crippen LogP contribution in [0.4, 0.5) is 5.69 Å². The summed E-state index contributed by atoms with van der Waals surface area (Å²) in [5.41, 5.74) is 7.79. The van der Waals surface area contributed by atoms with Gasteiger partial charge in [0.1, 0.15) is 11.3 Å². The topological polar surface area (TPSA) is 61.5 Å². The molecule has 4 heteroatoms. The van der Waals surface area contributed by atoms with Gasteiger partial charge in [-0.15, -0.1) is 0 Å². The summed E-state index contributed by atoms with van der Waals surface area (Å²) in [6.07, 6.45) is 0. The molecule has 0 bridgehead atoms. The predicted molar refractivity (Wildman–Crippen MR) is 82.8 cm³/mol. The van der Waals surface area contributed by atoms with E-state index in [1.807, 2.05) is 24.3 Å². The van der Waals surface area contributed by atoms with E-state index in [0.717, 1.165) is 5.56 Å². The quantitative estimate of drug-likeness (QED) is 0.682. The fourth-order valence-corrected chi connectivity index (χ4v) is 1.99. The van der Waals surface area contributed by atoms with Crippen LogP contribution in [-0.4, -0.2) is 13.1 Å². The number of hydrogen-bond acceptors (Lipinski definition) is 4. The average molecular weight is 285 g/mol. The Hall–Kier alpha value is -2.49. The van der Waals surface area contributed by atoms with Crippen molar-refractivity contribution in [3.8, 4) is 11.5 Å². The first kappa shape index (κ1) is 14.9. The Morgan fingerprint density at radius 3 is 2.52 bits per heavy atom. The molecule has 0 saturated heterocycles. The molecule has 110 valence electrons. The van der Waals surface area contributed by atoms with Crippen LogP contribution in [0.2, 0.25) is 0 Å². The second-order valence-corrected chi connectivity index (χ2v) is 5.04. The van der Waals surface area contributed by atoms with E-state index in [1.165, 1.54) is 7.11 Å². The summed E-state index contributed by atoms with van der Waals surface area (Å²) in [5, 5.41) is 0. The number of hydrogen-bond donors (Lipinski definition) is 1. The Bertz CT molecular complexity index is 650. The van der Waals surface area contributed by atoms with Gasteiger partial charge in [0.25, 0.3) is 0 Å². The van der Waals surface area contributed by atoms with E-state index in [4.69, 9.17) is 15.2 Å². The molecule has 0 aliphatic rings. The molecule has 0 radical (unpaired) electrons. The Balaban J connectivity index is 2.39. The fraction of sp³-hybridized carbons (Fsp3) is 0.235. The van der Waals surface area contributed by atoms with Crippen LogP contribution < -0.4 is 10.5 Å². The van der Waals surface area contributed by atoms with Gasteiger partial charge in [0, 0.05) is 0 Å². The van der Waals surface area contributed by atoms with E-state index in [0.29, 0.717) is 28.7 Å². The lowest BCUT2D eigenvalue weighted by Gasteiger charge is -2.13. The molecule has 0 heterocycles. The molecule has 21 heavy (non-hydrogen) atoms. The van der Waals surface area contributed by atoms with Crippen molar-refractivity contribution in [2.45, 2.75) is 19.8 Å². The van der Waals surface area contributed by atoms with Crippen molar-refractivity contribution >= 4 is 11.7 Å². The number of carbonyl (C=O) groups is 1. The highest BCUT2D eigenvalue weighted by atomic mass is 16.5. The molecule has 0 aromatic heterocycles. The number of nitrogen functional groups attached to an aromatic ring is 1. The molecular weight excluding hydrogens is 266 g/mol. The summed E-state index contributed by atoms with van der Waals surface area (Å²) in [6, 6.07) is 12.7. The lowest BCUT2D eigenvalue weighted by atomic mass is 10.0. The van der Waals surface area contributed by atoms with Crippen LogP contribution in [0.25, 0.3) is 0 Å². The number of benzene rings is 2. The molecule has 2 N–H and O–H groups in total. The minimum Gasteiger partial charge on any atom is -0.465 e. The van der Waals surface area contributed by atoms with Gasteiger partial charge in [-0.3, -0.25) is 0 Å². The highest BCUT2D eigenvalue weighted by Gasteiger charge is 2.16. The van der Waals surface area contributed by atoms with Gasteiger partial charge in [-0.2, -0.15) is 0 Å². The summed E-state index contributed by atoms with van der Waals surface area (Å²) in [4.78, 5) is 11.8. The molecular formula is C17H19NO3. The standard InChI is InChI=1S/C17H19NO3/c1-11(2)12-6-4-7-13(10-12)21-16-14(17(19)20-3)8-5-9-15(16)18/h4-11H,18H2,1-3H3. The number of nitrogens with two attached hydrogens (primary N) is 1. The molecule has 2 aromatic carbocycles. The second-order valence-electron chi connectivity index (χ2n) is 5.04. The molecule has 2 aromatic rings. The van der Waals surface area contributed by atoms with Crippen molar-refractivity contribution in [1.82, 2.24) is 0 Å². The number of para-hydroxylation sites is 1. The minimum absolute atomic E-state index is 0.312. The lowest BCUT2D eigenvalue weighted by Crippen LogP contribution is -2.05. The second kappa shape index (κ2) is 6.31. The normalized spacial score (nSPS) is 10.5. The van der Waals surface area contributed by atoms with Crippen molar-refractivity contribution in [2.75, 3.05) is 12.8 Å². The number of rotatable bonds is 4. The zero-order valence-electron chi connectivity index (χ0n) is 12.4. The molecule has 0 atom stereocenters. The molecule has 0 saturated carbocycles. The SMILES string of the molecule is COC(=O)c1cccc(N)c1Oc1cccc(C(C)C)c1. The first-order valence-electron chi connectivity index (χ1n) is 6.77. The largest absolute Gasteiger partial charge is 0.465 e. The fourth-order valence-electron chi connectivity index (χ4n) is 1.99. The highest BCUT2D eigenvalue weighted by Crippen LogP contribution is 2.32. The van der Waals surface area contributed by atoms with Crippen LogP contribution in [0, 0.1) is 0 Å². The first-order chi connectivity index (χ1) is 10.0. The molecule has 0 amide bonds. The summed E-state index contributed by atoms with van der Waals surface area (Å²) in [6.45, 7) is 4.21. The Morgan fingerprint density at radius 2 is 1.86 bits per heavy atom. The predicted octanol–water partition coefficient (Wildman–Crippen LogP) is 3.97. The molecule has 0 aliphatic carbocycles. The third kappa shape index (κ3) is 3.34. The van der Waals surface area contributed by atoms with Crippen LogP contribution in [0.5, 0.6) is 11.5 Å². The summed E-state index contributed by atoms with van der Waals surface area (Å²) < 4.78 is 10.6. The summed E-state index contributed by atoms with van der Waals surface area (Å²) >= 11 is 0. The Kier molecular flexibility index (Phi) is 4.48. The van der Waals surface area contributed by atoms with Gasteiger partial charge >= 0.3 is 5.97 Å². The zero-order valence-corrected chi connectivity index (χ0v) is 12.4. The van der Waals surface area contributed by atoms with Crippen molar-refractivity contribution in [3.63, 3.8) is 0 Å². The molecule has 0 aliphatic heterocycles. The third-order valence-electron chi connectivity index (χ3n) is 3.20. The van der Waals surface area contributed by atoms with Gasteiger partial charge < -0.3 is 15.2 Å². The third-order valence-corrected chi connectivity index (χ3v) is 3.20. The maximum Gasteiger partial charge on any atom is 0.341 e. The number of ether oxygens (including phenoxy) is 2. The van der Waals surface area contributed by atoms with E-state index < -0.39 is 5.97 Å². The molecule has 0 fully saturated rings. The monoisotopic (exact) mass is 285 g/mol. The number of methoxy groups -OCH3 is 1. The van der Waals surface area contributed by atoms with E-state index in [-0.39, 0.29) is 0 Å². The molecule has 4 nitrogen and oxygen atoms in total. The van der Waals surface area contributed by atoms with Gasteiger partial charge in [-0.25, -0.2) is 4.79 Å². The molecule has 2 rings (SSSR count).